The molecular weight excluding hydrogens is 334 g/mol. The van der Waals surface area contributed by atoms with E-state index in [0.717, 1.165) is 41.5 Å². The maximum atomic E-state index is 10.7. The minimum Gasteiger partial charge on any atom is -0.271 e. The maximum Gasteiger partial charge on any atom is 0.269 e. The van der Waals surface area contributed by atoms with Crippen LogP contribution in [0.4, 0.5) is 5.69 Å². The summed E-state index contributed by atoms with van der Waals surface area (Å²) in [6.07, 6.45) is 2.75. The van der Waals surface area contributed by atoms with Gasteiger partial charge in [-0.05, 0) is 12.0 Å². The Balaban J connectivity index is 2.31. The van der Waals surface area contributed by atoms with Gasteiger partial charge in [0, 0.05) is 36.5 Å². The van der Waals surface area contributed by atoms with Gasteiger partial charge >= 0.3 is 0 Å². The zero-order chi connectivity index (χ0) is 15.4. The summed E-state index contributed by atoms with van der Waals surface area (Å²) in [5, 5.41) is 16.0. The number of hydrogen-bond donors (Lipinski definition) is 0. The minimum atomic E-state index is -0.375. The Morgan fingerprint density at radius 1 is 1.33 bits per heavy atom. The second kappa shape index (κ2) is 6.85. The lowest BCUT2D eigenvalue weighted by molar-refractivity contribution is -0.384. The van der Waals surface area contributed by atoms with Crippen molar-refractivity contribution in [2.45, 2.75) is 31.5 Å². The summed E-state index contributed by atoms with van der Waals surface area (Å²) in [5.41, 5.74) is 4.70. The monoisotopic (exact) mass is 351 g/mol. The molecule has 0 saturated carbocycles. The molecule has 0 aliphatic carbocycles. The van der Waals surface area contributed by atoms with E-state index < -0.39 is 0 Å². The molecule has 2 aromatic rings. The fourth-order valence-corrected chi connectivity index (χ4v) is 3.11. The van der Waals surface area contributed by atoms with Gasteiger partial charge in [-0.15, -0.1) is 0 Å². The summed E-state index contributed by atoms with van der Waals surface area (Å²) in [7, 11) is 1.95. The Kier molecular flexibility index (Phi) is 5.12. The number of aromatic nitrogens is 2. The van der Waals surface area contributed by atoms with Crippen LogP contribution in [0.1, 0.15) is 35.9 Å². The standard InChI is InChI=1S/C15H18BrN3O2/c1-3-4-14-13(15(10-16)18(2)17-14)9-11-5-7-12(8-6-11)19(20)21/h5-8H,3-4,9-10H2,1-2H3. The average Bonchev–Trinajstić information content (AvgIpc) is 2.75. The molecule has 6 heteroatoms. The van der Waals surface area contributed by atoms with Gasteiger partial charge in [-0.3, -0.25) is 14.8 Å². The molecule has 112 valence electrons. The van der Waals surface area contributed by atoms with Crippen LogP contribution in [0, 0.1) is 10.1 Å². The Morgan fingerprint density at radius 3 is 2.52 bits per heavy atom. The van der Waals surface area contributed by atoms with E-state index in [2.05, 4.69) is 28.0 Å². The molecule has 0 spiro atoms. The van der Waals surface area contributed by atoms with Gasteiger partial charge in [-0.2, -0.15) is 5.10 Å². The predicted octanol–water partition coefficient (Wildman–Crippen LogP) is 3.77. The zero-order valence-corrected chi connectivity index (χ0v) is 13.8. The Hall–Kier alpha value is -1.69. The zero-order valence-electron chi connectivity index (χ0n) is 12.2. The van der Waals surface area contributed by atoms with E-state index in [1.165, 1.54) is 5.56 Å². The van der Waals surface area contributed by atoms with Crippen LogP contribution in [0.15, 0.2) is 24.3 Å². The summed E-state index contributed by atoms with van der Waals surface area (Å²) >= 11 is 3.52. The van der Waals surface area contributed by atoms with Gasteiger partial charge in [0.05, 0.1) is 16.3 Å². The molecule has 5 nitrogen and oxygen atoms in total. The van der Waals surface area contributed by atoms with Crippen LogP contribution in [0.2, 0.25) is 0 Å². The van der Waals surface area contributed by atoms with Crippen molar-refractivity contribution in [1.82, 2.24) is 9.78 Å². The molecule has 2 rings (SSSR count). The first-order valence-electron chi connectivity index (χ1n) is 6.89. The largest absolute Gasteiger partial charge is 0.271 e. The number of alkyl halides is 1. The summed E-state index contributed by atoms with van der Waals surface area (Å²) in [4.78, 5) is 10.3. The molecule has 0 radical (unpaired) electrons. The topological polar surface area (TPSA) is 61.0 Å². The van der Waals surface area contributed by atoms with E-state index in [0.29, 0.717) is 0 Å². The number of nitro benzene ring substituents is 1. The average molecular weight is 352 g/mol. The number of rotatable bonds is 6. The third kappa shape index (κ3) is 3.50. The van der Waals surface area contributed by atoms with Gasteiger partial charge in [-0.1, -0.05) is 41.4 Å². The summed E-state index contributed by atoms with van der Waals surface area (Å²) < 4.78 is 1.92. The van der Waals surface area contributed by atoms with Crippen LogP contribution in [-0.4, -0.2) is 14.7 Å². The van der Waals surface area contributed by atoms with Crippen LogP contribution in [0.3, 0.4) is 0 Å². The third-order valence-electron chi connectivity index (χ3n) is 3.50. The van der Waals surface area contributed by atoms with Crippen molar-refractivity contribution in [2.24, 2.45) is 7.05 Å². The van der Waals surface area contributed by atoms with Gasteiger partial charge in [0.15, 0.2) is 0 Å². The van der Waals surface area contributed by atoms with E-state index in [4.69, 9.17) is 0 Å². The van der Waals surface area contributed by atoms with Crippen molar-refractivity contribution in [1.29, 1.82) is 0 Å². The van der Waals surface area contributed by atoms with E-state index in [9.17, 15) is 10.1 Å². The van der Waals surface area contributed by atoms with E-state index in [1.807, 2.05) is 23.9 Å². The highest BCUT2D eigenvalue weighted by molar-refractivity contribution is 9.08. The second-order valence-electron chi connectivity index (χ2n) is 4.98. The number of hydrogen-bond acceptors (Lipinski definition) is 3. The molecule has 1 aromatic carbocycles. The lowest BCUT2D eigenvalue weighted by atomic mass is 10.0. The lowest BCUT2D eigenvalue weighted by Gasteiger charge is -2.05. The van der Waals surface area contributed by atoms with Gasteiger partial charge in [-0.25, -0.2) is 0 Å². The van der Waals surface area contributed by atoms with E-state index in [-0.39, 0.29) is 10.6 Å². The Morgan fingerprint density at radius 2 is 2.00 bits per heavy atom. The van der Waals surface area contributed by atoms with Gasteiger partial charge < -0.3 is 0 Å². The summed E-state index contributed by atoms with van der Waals surface area (Å²) in [5.74, 6) is 0. The number of halogens is 1. The number of benzene rings is 1. The van der Waals surface area contributed by atoms with Crippen LogP contribution in [-0.2, 0) is 25.2 Å². The number of nitro groups is 1. The summed E-state index contributed by atoms with van der Waals surface area (Å²) in [6.45, 7) is 2.14. The lowest BCUT2D eigenvalue weighted by Crippen LogP contribution is -1.98. The molecule has 0 unspecified atom stereocenters. The molecule has 0 amide bonds. The number of non-ortho nitro benzene ring substituents is 1. The molecule has 0 fully saturated rings. The SMILES string of the molecule is CCCc1nn(C)c(CBr)c1Cc1ccc([N+](=O)[O-])cc1. The number of aryl methyl sites for hydroxylation is 2. The highest BCUT2D eigenvalue weighted by atomic mass is 79.9. The molecule has 21 heavy (non-hydrogen) atoms. The van der Waals surface area contributed by atoms with Crippen molar-refractivity contribution in [3.63, 3.8) is 0 Å². The highest BCUT2D eigenvalue weighted by Crippen LogP contribution is 2.23. The van der Waals surface area contributed by atoms with Crippen molar-refractivity contribution < 1.29 is 4.92 Å². The molecule has 0 saturated heterocycles. The molecule has 1 heterocycles. The molecular formula is C15H18BrN3O2. The Labute approximate surface area is 132 Å². The summed E-state index contributed by atoms with van der Waals surface area (Å²) in [6, 6.07) is 6.75. The second-order valence-corrected chi connectivity index (χ2v) is 5.54. The van der Waals surface area contributed by atoms with Crippen molar-refractivity contribution in [3.05, 3.63) is 56.9 Å². The quantitative estimate of drug-likeness (QED) is 0.452. The molecule has 0 bridgehead atoms. The van der Waals surface area contributed by atoms with Gasteiger partial charge in [0.25, 0.3) is 5.69 Å². The number of nitrogens with zero attached hydrogens (tertiary/aromatic N) is 3. The fourth-order valence-electron chi connectivity index (χ4n) is 2.41. The smallest absolute Gasteiger partial charge is 0.269 e. The van der Waals surface area contributed by atoms with Gasteiger partial charge in [0.1, 0.15) is 0 Å². The van der Waals surface area contributed by atoms with E-state index in [1.54, 1.807) is 12.1 Å². The van der Waals surface area contributed by atoms with Crippen LogP contribution in [0.25, 0.3) is 0 Å². The highest BCUT2D eigenvalue weighted by Gasteiger charge is 2.15. The van der Waals surface area contributed by atoms with Gasteiger partial charge in [0.2, 0.25) is 0 Å². The first kappa shape index (κ1) is 15.7. The Bertz CT molecular complexity index is 635. The first-order chi connectivity index (χ1) is 10.1. The molecule has 0 aliphatic heterocycles. The third-order valence-corrected chi connectivity index (χ3v) is 4.03. The van der Waals surface area contributed by atoms with E-state index >= 15 is 0 Å². The van der Waals surface area contributed by atoms with Crippen molar-refractivity contribution in [2.75, 3.05) is 0 Å². The minimum absolute atomic E-state index is 0.124. The van der Waals surface area contributed by atoms with Crippen LogP contribution in [0.5, 0.6) is 0 Å². The maximum absolute atomic E-state index is 10.7. The van der Waals surface area contributed by atoms with Crippen LogP contribution >= 0.6 is 15.9 Å². The molecule has 1 aromatic heterocycles. The van der Waals surface area contributed by atoms with Crippen LogP contribution < -0.4 is 0 Å². The van der Waals surface area contributed by atoms with Crippen molar-refractivity contribution >= 4 is 21.6 Å². The predicted molar refractivity (Wildman–Crippen MR) is 85.7 cm³/mol. The van der Waals surface area contributed by atoms with Crippen molar-refractivity contribution in [3.8, 4) is 0 Å². The normalized spacial score (nSPS) is 10.8. The molecule has 0 aliphatic rings. The first-order valence-corrected chi connectivity index (χ1v) is 8.01. The molecule has 0 atom stereocenters. The fraction of sp³-hybridized carbons (Fsp3) is 0.400. The molecule has 0 N–H and O–H groups in total.